The molecular weight excluding hydrogens is 285 g/mol. The van der Waals surface area contributed by atoms with E-state index in [1.165, 1.54) is 24.3 Å². The molecule has 1 rings (SSSR count). The Labute approximate surface area is 120 Å². The van der Waals surface area contributed by atoms with Gasteiger partial charge in [-0.2, -0.15) is 13.2 Å². The summed E-state index contributed by atoms with van der Waals surface area (Å²) in [5.41, 5.74) is -0.281. The van der Waals surface area contributed by atoms with Gasteiger partial charge < -0.3 is 4.74 Å². The molecule has 1 aromatic rings. The van der Waals surface area contributed by atoms with Crippen LogP contribution in [-0.2, 0) is 14.3 Å². The number of rotatable bonds is 6. The summed E-state index contributed by atoms with van der Waals surface area (Å²) in [6.07, 6.45) is -3.89. The highest BCUT2D eigenvalue weighted by Crippen LogP contribution is 2.27. The average molecular weight is 300 g/mol. The van der Waals surface area contributed by atoms with Crippen LogP contribution in [0.5, 0.6) is 0 Å². The fraction of sp³-hybridized carbons (Fsp3) is 0.333. The highest BCUT2D eigenvalue weighted by Gasteiger charge is 2.40. The number of ether oxygens (including phenoxy) is 1. The van der Waals surface area contributed by atoms with Gasteiger partial charge in [-0.3, -0.25) is 9.59 Å². The minimum atomic E-state index is -4.95. The number of hydrogen-bond acceptors (Lipinski definition) is 3. The van der Waals surface area contributed by atoms with E-state index in [0.717, 1.165) is 6.08 Å². The van der Waals surface area contributed by atoms with Gasteiger partial charge in [0.05, 0.1) is 6.61 Å². The first-order valence-electron chi connectivity index (χ1n) is 6.39. The normalized spacial score (nSPS) is 12.1. The lowest BCUT2D eigenvalue weighted by atomic mass is 10.00. The molecule has 3 nitrogen and oxygen atoms in total. The molecule has 21 heavy (non-hydrogen) atoms. The highest BCUT2D eigenvalue weighted by atomic mass is 19.4. The van der Waals surface area contributed by atoms with E-state index in [1.54, 1.807) is 13.0 Å². The summed E-state index contributed by atoms with van der Waals surface area (Å²) in [6.45, 7) is 1.84. The molecule has 114 valence electrons. The number of alkyl halides is 3. The molecule has 0 saturated carbocycles. The van der Waals surface area contributed by atoms with Crippen LogP contribution in [0.15, 0.2) is 36.4 Å². The Balaban J connectivity index is 2.93. The summed E-state index contributed by atoms with van der Waals surface area (Å²) in [5.74, 6) is -2.43. The second-order valence-electron chi connectivity index (χ2n) is 4.15. The largest absolute Gasteiger partial charge is 0.466 e. The van der Waals surface area contributed by atoms with Gasteiger partial charge in [0.2, 0.25) is 0 Å². The van der Waals surface area contributed by atoms with Gasteiger partial charge in [-0.05, 0) is 18.9 Å². The summed E-state index contributed by atoms with van der Waals surface area (Å²) < 4.78 is 42.5. The quantitative estimate of drug-likeness (QED) is 0.596. The molecule has 0 saturated heterocycles. The fourth-order valence-corrected chi connectivity index (χ4v) is 1.68. The van der Waals surface area contributed by atoms with Crippen molar-refractivity contribution in [3.05, 3.63) is 42.0 Å². The summed E-state index contributed by atoms with van der Waals surface area (Å²) in [5, 5.41) is 0. The topological polar surface area (TPSA) is 43.4 Å². The van der Waals surface area contributed by atoms with Crippen LogP contribution in [0.3, 0.4) is 0 Å². The van der Waals surface area contributed by atoms with Crippen molar-refractivity contribution in [2.45, 2.75) is 25.9 Å². The Hall–Kier alpha value is -2.11. The third-order valence-electron chi connectivity index (χ3n) is 2.59. The maximum absolute atomic E-state index is 12.6. The van der Waals surface area contributed by atoms with Gasteiger partial charge in [0, 0.05) is 12.0 Å². The van der Waals surface area contributed by atoms with Crippen LogP contribution in [0, 0.1) is 0 Å². The first-order valence-corrected chi connectivity index (χ1v) is 6.39. The molecule has 0 amide bonds. The summed E-state index contributed by atoms with van der Waals surface area (Å²) >= 11 is 0. The SMILES string of the molecule is CCOC(=O)CC/C=C(\C(=O)C(F)(F)F)c1ccccc1. The average Bonchev–Trinajstić information content (AvgIpc) is 2.43. The Morgan fingerprint density at radius 2 is 1.81 bits per heavy atom. The van der Waals surface area contributed by atoms with Crippen molar-refractivity contribution < 1.29 is 27.5 Å². The van der Waals surface area contributed by atoms with Gasteiger partial charge in [0.1, 0.15) is 0 Å². The molecule has 0 N–H and O–H groups in total. The molecule has 0 unspecified atom stereocenters. The molecule has 0 aliphatic carbocycles. The molecule has 0 bridgehead atoms. The molecule has 6 heteroatoms. The van der Waals surface area contributed by atoms with Crippen LogP contribution in [0.2, 0.25) is 0 Å². The van der Waals surface area contributed by atoms with E-state index >= 15 is 0 Å². The number of esters is 1. The molecular formula is C15H15F3O3. The third kappa shape index (κ3) is 5.41. The van der Waals surface area contributed by atoms with Crippen molar-refractivity contribution >= 4 is 17.3 Å². The van der Waals surface area contributed by atoms with Crippen molar-refractivity contribution in [2.75, 3.05) is 6.61 Å². The number of ketones is 1. The van der Waals surface area contributed by atoms with Crippen LogP contribution in [0.4, 0.5) is 13.2 Å². The van der Waals surface area contributed by atoms with Gasteiger partial charge in [-0.1, -0.05) is 36.4 Å². The van der Waals surface area contributed by atoms with E-state index in [2.05, 4.69) is 4.74 Å². The zero-order valence-corrected chi connectivity index (χ0v) is 11.4. The smallest absolute Gasteiger partial charge is 0.454 e. The Morgan fingerprint density at radius 1 is 1.19 bits per heavy atom. The molecule has 0 aliphatic rings. The molecule has 0 radical (unpaired) electrons. The number of Topliss-reactive ketones (excluding diaryl/α,β-unsaturated/α-hetero) is 1. The lowest BCUT2D eigenvalue weighted by molar-refractivity contribution is -0.164. The first-order chi connectivity index (χ1) is 9.86. The predicted molar refractivity (Wildman–Crippen MR) is 71.3 cm³/mol. The monoisotopic (exact) mass is 300 g/mol. The van der Waals surface area contributed by atoms with Gasteiger partial charge in [0.15, 0.2) is 0 Å². The zero-order valence-electron chi connectivity index (χ0n) is 11.4. The first kappa shape index (κ1) is 16.9. The highest BCUT2D eigenvalue weighted by molar-refractivity contribution is 6.23. The van der Waals surface area contributed by atoms with Crippen molar-refractivity contribution in [1.82, 2.24) is 0 Å². The standard InChI is InChI=1S/C15H15F3O3/c1-2-21-13(19)10-6-9-12(14(20)15(16,17)18)11-7-4-3-5-8-11/h3-5,7-9H,2,6,10H2,1H3/b12-9-. The molecule has 0 heterocycles. The number of allylic oxidation sites excluding steroid dienone is 2. The third-order valence-corrected chi connectivity index (χ3v) is 2.59. The van der Waals surface area contributed by atoms with E-state index in [0.29, 0.717) is 0 Å². The number of hydrogen-bond donors (Lipinski definition) is 0. The van der Waals surface area contributed by atoms with Crippen LogP contribution in [0.25, 0.3) is 5.57 Å². The number of carbonyl (C=O) groups excluding carboxylic acids is 2. The van der Waals surface area contributed by atoms with Gasteiger partial charge in [-0.25, -0.2) is 0 Å². The van der Waals surface area contributed by atoms with Gasteiger partial charge in [0.25, 0.3) is 5.78 Å². The van der Waals surface area contributed by atoms with E-state index in [4.69, 9.17) is 0 Å². The maximum Gasteiger partial charge on any atom is 0.454 e. The van der Waals surface area contributed by atoms with Gasteiger partial charge >= 0.3 is 12.1 Å². The Morgan fingerprint density at radius 3 is 2.33 bits per heavy atom. The molecule has 0 atom stereocenters. The second-order valence-corrected chi connectivity index (χ2v) is 4.15. The van der Waals surface area contributed by atoms with Crippen LogP contribution in [0.1, 0.15) is 25.3 Å². The Kier molecular flexibility index (Phi) is 6.14. The second kappa shape index (κ2) is 7.61. The lowest BCUT2D eigenvalue weighted by Gasteiger charge is -2.10. The van der Waals surface area contributed by atoms with Crippen molar-refractivity contribution in [3.63, 3.8) is 0 Å². The number of carbonyl (C=O) groups is 2. The van der Waals surface area contributed by atoms with Crippen molar-refractivity contribution in [2.24, 2.45) is 0 Å². The number of halogens is 3. The van der Waals surface area contributed by atoms with E-state index < -0.39 is 23.5 Å². The fourth-order valence-electron chi connectivity index (χ4n) is 1.68. The predicted octanol–water partition coefficient (Wildman–Crippen LogP) is 3.54. The minimum Gasteiger partial charge on any atom is -0.466 e. The summed E-state index contributed by atoms with van der Waals surface area (Å²) in [7, 11) is 0. The van der Waals surface area contributed by atoms with E-state index in [-0.39, 0.29) is 25.0 Å². The maximum atomic E-state index is 12.6. The molecule has 0 aromatic heterocycles. The van der Waals surface area contributed by atoms with Crippen LogP contribution < -0.4 is 0 Å². The summed E-state index contributed by atoms with van der Waals surface area (Å²) in [6, 6.07) is 7.55. The number of benzene rings is 1. The van der Waals surface area contributed by atoms with Crippen LogP contribution >= 0.6 is 0 Å². The molecule has 1 aromatic carbocycles. The van der Waals surface area contributed by atoms with Crippen LogP contribution in [-0.4, -0.2) is 24.5 Å². The van der Waals surface area contributed by atoms with E-state index in [1.807, 2.05) is 0 Å². The molecule has 0 fully saturated rings. The van der Waals surface area contributed by atoms with Gasteiger partial charge in [-0.15, -0.1) is 0 Å². The minimum absolute atomic E-state index is 0.00484. The summed E-state index contributed by atoms with van der Waals surface area (Å²) in [4.78, 5) is 22.6. The lowest BCUT2D eigenvalue weighted by Crippen LogP contribution is -2.24. The molecule has 0 spiro atoms. The van der Waals surface area contributed by atoms with Crippen molar-refractivity contribution in [3.8, 4) is 0 Å². The van der Waals surface area contributed by atoms with Crippen molar-refractivity contribution in [1.29, 1.82) is 0 Å². The zero-order chi connectivity index (χ0) is 15.9. The Bertz CT molecular complexity index is 519. The molecule has 0 aliphatic heterocycles. The van der Waals surface area contributed by atoms with E-state index in [9.17, 15) is 22.8 Å².